The number of halogens is 4. The van der Waals surface area contributed by atoms with Crippen molar-refractivity contribution < 1.29 is 90.8 Å². The molecule has 9 amide bonds. The van der Waals surface area contributed by atoms with Gasteiger partial charge in [0.1, 0.15) is 17.2 Å². The number of carbonyl (C=O) groups is 9. The van der Waals surface area contributed by atoms with Gasteiger partial charge in [-0.2, -0.15) is 5.10 Å². The van der Waals surface area contributed by atoms with Crippen molar-refractivity contribution in [2.75, 3.05) is 0 Å². The molecule has 0 fully saturated rings. The van der Waals surface area contributed by atoms with Crippen LogP contribution < -0.4 is 53.4 Å². The molecule has 0 aliphatic heterocycles. The molecule has 0 spiro atoms. The number of amides is 9. The van der Waals surface area contributed by atoms with Crippen molar-refractivity contribution in [1.82, 2.24) is 67.7 Å². The molecule has 9 aromatic carbocycles. The first-order valence-corrected chi connectivity index (χ1v) is 41.3. The van der Waals surface area contributed by atoms with E-state index >= 15 is 0 Å². The van der Waals surface area contributed by atoms with Crippen LogP contribution in [0.25, 0.3) is 21.0 Å². The minimum absolute atomic E-state index is 0.0845. The zero-order chi connectivity index (χ0) is 90.4. The van der Waals surface area contributed by atoms with Crippen LogP contribution in [0.3, 0.4) is 0 Å². The maximum Gasteiger partial charge on any atom is 0.274 e. The summed E-state index contributed by atoms with van der Waals surface area (Å²) in [5, 5.41) is 63.4. The Bertz CT molecular complexity index is 6000. The van der Waals surface area contributed by atoms with Crippen LogP contribution in [0.4, 0.5) is 13.2 Å². The van der Waals surface area contributed by atoms with Gasteiger partial charge in [0.15, 0.2) is 11.6 Å². The molecule has 0 bridgehead atoms. The molecule has 648 valence electrons. The summed E-state index contributed by atoms with van der Waals surface area (Å²) >= 11 is 7.52. The standard InChI is InChI=1S/C19H19N3O3.C18H17F3N2O3.C18H22N4O3.C18H16N2O3S.C16H17ClN2O4S/c1-12(13-7-9-14(10-8-13)18(23)21-25)20-19(24)17-11-15-5-3-4-6-16(15)22(17)2;1-9(2)16(10-3-5-11(6-4-10)17(24)23-26)22-18(25)12-7-14(20)15(21)8-13(12)19;1-11(12-7-9-13(10-8-12)17(23)21-25)19-18(24)16-14-5-3-4-6-15(14)20-22(16)2;1-11(12-5-4-6-13(9-12)17(21)20-23)19-18(22)15-10-24-16-8-3-2-7-14(15)16;1-10-3-8-14(9-15(10)17)24(22,23)19-11(2)12-4-6-13(7-5-12)16(20)18-21/h3-12,25H,1-2H3,(H,20,24)(H,21,23);3-9,16,26H,1-2H3,(H,22,25)(H,23,24);7-11,25H,3-6H2,1-2H3,(H,19,24)(H,21,23);2-11,23H,1H3,(H,19,22)(H,20,21);3-9,11,19,21H,1-2H3,(H,18,20)/t12-;;;;/m1..../s1. The molecule has 1 aliphatic rings. The molecule has 0 saturated heterocycles. The van der Waals surface area contributed by atoms with Gasteiger partial charge in [0.05, 0.1) is 45.9 Å². The number of sulfonamides is 1. The first kappa shape index (κ1) is 94.6. The van der Waals surface area contributed by atoms with Crippen LogP contribution in [0.15, 0.2) is 217 Å². The fourth-order valence-electron chi connectivity index (χ4n) is 13.2. The summed E-state index contributed by atoms with van der Waals surface area (Å²) in [6, 6.07) is 53.4. The van der Waals surface area contributed by atoms with E-state index in [2.05, 4.69) is 31.1 Å². The average molecular weight is 1760 g/mol. The van der Waals surface area contributed by atoms with Gasteiger partial charge in [-0.3, -0.25) is 73.9 Å². The number of nitrogens with one attached hydrogen (secondary N) is 10. The molecule has 5 atom stereocenters. The number of nitrogens with zero attached hydrogens (tertiary/aromatic N) is 3. The Morgan fingerprint density at radius 3 is 1.45 bits per heavy atom. The number of aryl methyl sites for hydroxylation is 4. The van der Waals surface area contributed by atoms with Crippen molar-refractivity contribution in [2.45, 2.75) is 109 Å². The summed E-state index contributed by atoms with van der Waals surface area (Å²) in [6.45, 7) is 12.7. The third-order valence-corrected chi connectivity index (χ3v) is 23.1. The van der Waals surface area contributed by atoms with Gasteiger partial charge in [0, 0.05) is 91.0 Å². The number of rotatable bonds is 22. The van der Waals surface area contributed by atoms with E-state index in [1.54, 1.807) is 153 Å². The van der Waals surface area contributed by atoms with E-state index in [1.807, 2.05) is 98.4 Å². The Hall–Kier alpha value is -13.3. The number of benzene rings is 9. The lowest BCUT2D eigenvalue weighted by atomic mass is 9.94. The summed E-state index contributed by atoms with van der Waals surface area (Å²) < 4.78 is 72.1. The number of aromatic nitrogens is 3. The fourth-order valence-corrected chi connectivity index (χ4v) is 15.7. The van der Waals surface area contributed by atoms with E-state index in [9.17, 15) is 64.7 Å². The molecule has 13 rings (SSSR count). The van der Waals surface area contributed by atoms with Crippen LogP contribution >= 0.6 is 22.9 Å². The SMILES string of the molecule is CC(C)C(NC(=O)c1cc(F)c(F)cc1F)c1ccc(C(=O)NO)cc1.CC(NC(=O)c1c2c(nn1C)CCCC2)c1ccc(C(=O)NO)cc1.CC(NC(=O)c1csc2ccccc12)c1cccc(C(=O)NO)c1.C[C@@H](NC(=O)c1cc2ccccc2n1C)c1ccc(C(=O)NO)cc1.Cc1ccc(S(=O)(=O)NC(C)c2ccc(C(=O)NO)cc2)cc1Cl. The lowest BCUT2D eigenvalue weighted by molar-refractivity contribution is 0.0702. The van der Waals surface area contributed by atoms with Crippen LogP contribution in [0.1, 0.15) is 223 Å². The number of hydrogen-bond acceptors (Lipinski definition) is 18. The largest absolute Gasteiger partial charge is 0.345 e. The highest BCUT2D eigenvalue weighted by atomic mass is 35.5. The lowest BCUT2D eigenvalue weighted by Gasteiger charge is -2.23. The highest BCUT2D eigenvalue weighted by Gasteiger charge is 2.28. The minimum Gasteiger partial charge on any atom is -0.345 e. The summed E-state index contributed by atoms with van der Waals surface area (Å²) in [7, 11) is -0.0607. The molecule has 35 heteroatoms. The fraction of sp³-hybridized carbons (Fsp3) is 0.213. The number of carbonyl (C=O) groups excluding carboxylic acids is 9. The van der Waals surface area contributed by atoms with Crippen molar-refractivity contribution in [2.24, 2.45) is 20.0 Å². The number of para-hydroxylation sites is 1. The molecule has 3 aromatic heterocycles. The molecular formula is C89H91ClF3N13O16S2. The Kier molecular flexibility index (Phi) is 33.1. The maximum absolute atomic E-state index is 13.8. The van der Waals surface area contributed by atoms with Crippen molar-refractivity contribution >= 4 is 107 Å². The van der Waals surface area contributed by atoms with Gasteiger partial charge < -0.3 is 25.8 Å². The normalized spacial score (nSPS) is 12.6. The topological polar surface area (TPSA) is 432 Å². The number of fused-ring (bicyclic) bond motifs is 3. The molecule has 124 heavy (non-hydrogen) atoms. The Morgan fingerprint density at radius 2 is 0.919 bits per heavy atom. The van der Waals surface area contributed by atoms with Gasteiger partial charge in [0.25, 0.3) is 53.2 Å². The van der Waals surface area contributed by atoms with Gasteiger partial charge in [-0.05, 0) is 197 Å². The van der Waals surface area contributed by atoms with Crippen LogP contribution in [-0.2, 0) is 37.0 Å². The van der Waals surface area contributed by atoms with Gasteiger partial charge in [-0.1, -0.05) is 129 Å². The first-order valence-electron chi connectivity index (χ1n) is 38.5. The second-order valence-corrected chi connectivity index (χ2v) is 32.0. The Labute approximate surface area is 719 Å². The van der Waals surface area contributed by atoms with Crippen molar-refractivity contribution in [3.63, 3.8) is 0 Å². The van der Waals surface area contributed by atoms with Crippen LogP contribution in [0, 0.1) is 30.3 Å². The predicted octanol–water partition coefficient (Wildman–Crippen LogP) is 14.4. The smallest absolute Gasteiger partial charge is 0.274 e. The lowest BCUT2D eigenvalue weighted by Crippen LogP contribution is -2.32. The highest BCUT2D eigenvalue weighted by Crippen LogP contribution is 2.31. The summed E-state index contributed by atoms with van der Waals surface area (Å²) in [5.41, 5.74) is 18.3. The van der Waals surface area contributed by atoms with Gasteiger partial charge >= 0.3 is 0 Å². The second-order valence-electron chi connectivity index (χ2n) is 29.0. The summed E-state index contributed by atoms with van der Waals surface area (Å²) in [5.74, 6) is -8.38. The van der Waals surface area contributed by atoms with E-state index < -0.39 is 80.6 Å². The molecular weight excluding hydrogens is 1660 g/mol. The monoisotopic (exact) mass is 1750 g/mol. The molecule has 4 unspecified atom stereocenters. The number of hydroxylamine groups is 5. The summed E-state index contributed by atoms with van der Waals surface area (Å²) in [6.07, 6.45) is 4.03. The molecule has 29 nitrogen and oxygen atoms in total. The quantitative estimate of drug-likeness (QED) is 0.0170. The molecule has 0 radical (unpaired) electrons. The molecule has 1 aliphatic carbocycles. The minimum atomic E-state index is -3.73. The zero-order valence-electron chi connectivity index (χ0n) is 68.4. The average Bonchev–Trinajstić information content (AvgIpc) is 1.65. The van der Waals surface area contributed by atoms with E-state index in [0.717, 1.165) is 80.2 Å². The second kappa shape index (κ2) is 43.5. The van der Waals surface area contributed by atoms with Gasteiger partial charge in [-0.25, -0.2) is 53.7 Å². The van der Waals surface area contributed by atoms with E-state index in [1.165, 1.54) is 58.7 Å². The van der Waals surface area contributed by atoms with Crippen LogP contribution in [0.2, 0.25) is 5.02 Å². The van der Waals surface area contributed by atoms with E-state index in [-0.39, 0.29) is 57.8 Å². The van der Waals surface area contributed by atoms with E-state index in [0.29, 0.717) is 61.9 Å². The predicted molar refractivity (Wildman–Crippen MR) is 457 cm³/mol. The molecule has 0 saturated carbocycles. The van der Waals surface area contributed by atoms with Crippen LogP contribution in [0.5, 0.6) is 0 Å². The molecule has 3 heterocycles. The third kappa shape index (κ3) is 24.1. The van der Waals surface area contributed by atoms with Crippen molar-refractivity contribution in [3.8, 4) is 0 Å². The first-order chi connectivity index (χ1) is 59.1. The Balaban J connectivity index is 0.000000176. The third-order valence-electron chi connectivity index (χ3n) is 20.2. The van der Waals surface area contributed by atoms with Crippen molar-refractivity contribution in [3.05, 3.63) is 329 Å². The molecule has 12 aromatic rings. The van der Waals surface area contributed by atoms with Crippen LogP contribution in [-0.4, -0.2) is 102 Å². The number of hydrogen-bond donors (Lipinski definition) is 15. The zero-order valence-corrected chi connectivity index (χ0v) is 70.8. The Morgan fingerprint density at radius 1 is 0.452 bits per heavy atom. The maximum atomic E-state index is 13.8. The van der Waals surface area contributed by atoms with Gasteiger partial charge in [0.2, 0.25) is 10.0 Å². The molecule has 15 N–H and O–H groups in total. The summed E-state index contributed by atoms with van der Waals surface area (Å²) in [4.78, 5) is 107. The van der Waals surface area contributed by atoms with Crippen molar-refractivity contribution in [1.29, 1.82) is 0 Å². The number of thiophene rings is 1. The van der Waals surface area contributed by atoms with Gasteiger partial charge in [-0.15, -0.1) is 11.3 Å². The highest BCUT2D eigenvalue weighted by molar-refractivity contribution is 7.89. The van der Waals surface area contributed by atoms with E-state index in [4.69, 9.17) is 37.6 Å².